The molecule has 0 spiro atoms. The maximum absolute atomic E-state index is 13.9. The predicted octanol–water partition coefficient (Wildman–Crippen LogP) is 11.1. The van der Waals surface area contributed by atoms with E-state index in [1.165, 1.54) is 119 Å². The molecule has 1 saturated heterocycles. The summed E-state index contributed by atoms with van der Waals surface area (Å²) in [7, 11) is -2.59. The van der Waals surface area contributed by atoms with Crippen molar-refractivity contribution >= 4 is 113 Å². The molecule has 0 aliphatic carbocycles. The van der Waals surface area contributed by atoms with E-state index in [2.05, 4.69) is 41.9 Å². The van der Waals surface area contributed by atoms with Gasteiger partial charge >= 0.3 is 7.12 Å². The number of anilines is 4. The van der Waals surface area contributed by atoms with E-state index in [1.807, 2.05) is 27.7 Å². The summed E-state index contributed by atoms with van der Waals surface area (Å²) >= 11 is 5.80. The summed E-state index contributed by atoms with van der Waals surface area (Å²) < 4.78 is 132. The molecular weight excluding hydrogens is 1340 g/mol. The van der Waals surface area contributed by atoms with Gasteiger partial charge in [0.05, 0.1) is 63.0 Å². The average molecular weight is 1400 g/mol. The van der Waals surface area contributed by atoms with Crippen molar-refractivity contribution in [2.45, 2.75) is 51.2 Å². The Balaban J connectivity index is 0.000000160. The molecule has 0 radical (unpaired) electrons. The average Bonchev–Trinajstić information content (AvgIpc) is 1.59. The Morgan fingerprint density at radius 2 is 0.969 bits per heavy atom. The maximum atomic E-state index is 13.9. The highest BCUT2D eigenvalue weighted by atomic mass is 35.5. The van der Waals surface area contributed by atoms with Gasteiger partial charge in [0.2, 0.25) is 20.0 Å². The molecule has 506 valence electrons. The third kappa shape index (κ3) is 13.8. The lowest BCUT2D eigenvalue weighted by Crippen LogP contribution is -2.41. The van der Waals surface area contributed by atoms with Crippen molar-refractivity contribution in [3.8, 4) is 33.9 Å². The molecular formula is C68H62BClF4N10O12S2. The molecule has 7 heterocycles. The van der Waals surface area contributed by atoms with Gasteiger partial charge in [-0.3, -0.25) is 27.8 Å². The van der Waals surface area contributed by atoms with Gasteiger partial charge < -0.3 is 50.0 Å². The molecule has 4 aromatic heterocycles. The number of rotatable bonds is 12. The molecule has 98 heavy (non-hydrogen) atoms. The Labute approximate surface area is 565 Å². The Bertz CT molecular complexity index is 5090. The molecule has 0 saturated carbocycles. The summed E-state index contributed by atoms with van der Waals surface area (Å²) in [5, 5.41) is 17.9. The molecule has 2 atom stereocenters. The number of benzene rings is 6. The van der Waals surface area contributed by atoms with E-state index < -0.39 is 85.9 Å². The predicted molar refractivity (Wildman–Crippen MR) is 365 cm³/mol. The van der Waals surface area contributed by atoms with Crippen molar-refractivity contribution in [1.82, 2.24) is 31.2 Å². The molecule has 22 nitrogen and oxygen atoms in total. The van der Waals surface area contributed by atoms with E-state index in [4.69, 9.17) is 29.7 Å². The number of aromatic nitrogens is 2. The number of carbonyl (C=O) groups excluding carboxylic acids is 4. The number of furan rings is 2. The van der Waals surface area contributed by atoms with Gasteiger partial charge in [-0.2, -0.15) is 0 Å². The van der Waals surface area contributed by atoms with Crippen molar-refractivity contribution in [3.05, 3.63) is 207 Å². The van der Waals surface area contributed by atoms with Crippen LogP contribution in [0.3, 0.4) is 0 Å². The molecule has 6 N–H and O–H groups in total. The fourth-order valence-electron chi connectivity index (χ4n) is 10.9. The lowest BCUT2D eigenvalue weighted by molar-refractivity contribution is 0.00578. The third-order valence-corrected chi connectivity index (χ3v) is 19.5. The second-order valence-electron chi connectivity index (χ2n) is 23.9. The van der Waals surface area contributed by atoms with E-state index in [0.717, 1.165) is 21.1 Å². The van der Waals surface area contributed by atoms with Crippen LogP contribution < -0.4 is 46.0 Å². The number of pyridine rings is 2. The Kier molecular flexibility index (Phi) is 18.7. The van der Waals surface area contributed by atoms with E-state index >= 15 is 0 Å². The van der Waals surface area contributed by atoms with Gasteiger partial charge in [-0.15, -0.1) is 0 Å². The van der Waals surface area contributed by atoms with Crippen molar-refractivity contribution in [2.24, 2.45) is 0 Å². The monoisotopic (exact) mass is 1400 g/mol. The van der Waals surface area contributed by atoms with Crippen molar-refractivity contribution in [3.63, 3.8) is 0 Å². The zero-order chi connectivity index (χ0) is 70.7. The van der Waals surface area contributed by atoms with Gasteiger partial charge in [0.1, 0.15) is 75.1 Å². The van der Waals surface area contributed by atoms with Crippen LogP contribution in [0, 0.1) is 23.3 Å². The van der Waals surface area contributed by atoms with Gasteiger partial charge in [0, 0.05) is 73.2 Å². The molecule has 6 aromatic carbocycles. The van der Waals surface area contributed by atoms with Crippen LogP contribution in [0.1, 0.15) is 92.6 Å². The first kappa shape index (κ1) is 69.0. The van der Waals surface area contributed by atoms with Crippen molar-refractivity contribution in [2.75, 3.05) is 59.9 Å². The normalized spacial score (nSPS) is 16.0. The number of sulfonamides is 2. The minimum atomic E-state index is -3.78. The van der Waals surface area contributed by atoms with Crippen LogP contribution in [-0.2, 0) is 29.4 Å². The molecule has 10 aromatic rings. The highest BCUT2D eigenvalue weighted by molar-refractivity contribution is 7.92. The largest absolute Gasteiger partial charge is 0.497 e. The van der Waals surface area contributed by atoms with Gasteiger partial charge in [-0.1, -0.05) is 35.9 Å². The maximum Gasteiger partial charge on any atom is 0.497 e. The van der Waals surface area contributed by atoms with Gasteiger partial charge in [0.15, 0.2) is 0 Å². The van der Waals surface area contributed by atoms with Crippen LogP contribution >= 0.6 is 11.6 Å². The molecule has 2 unspecified atom stereocenters. The lowest BCUT2D eigenvalue weighted by Gasteiger charge is -2.32. The summed E-state index contributed by atoms with van der Waals surface area (Å²) in [5.41, 5.74) is 3.71. The fourth-order valence-corrected chi connectivity index (χ4v) is 12.1. The summed E-state index contributed by atoms with van der Waals surface area (Å²) in [4.78, 5) is 59.7. The van der Waals surface area contributed by atoms with Crippen LogP contribution in [0.2, 0.25) is 5.15 Å². The number of nitrogens with zero attached hydrogens (tertiary/aromatic N) is 4. The van der Waals surface area contributed by atoms with Crippen LogP contribution in [0.4, 0.5) is 40.6 Å². The van der Waals surface area contributed by atoms with Crippen LogP contribution in [-0.4, -0.2) is 109 Å². The number of fused-ring (bicyclic) bond motifs is 4. The van der Waals surface area contributed by atoms with Crippen LogP contribution in [0.5, 0.6) is 0 Å². The Morgan fingerprint density at radius 1 is 0.541 bits per heavy atom. The highest BCUT2D eigenvalue weighted by Crippen LogP contribution is 2.44. The number of halogens is 5. The minimum absolute atomic E-state index is 0.158. The molecule has 4 amide bonds. The molecule has 3 aliphatic rings. The number of amides is 4. The number of carbonyl (C=O) groups is 4. The smallest absolute Gasteiger partial charge is 0.455 e. The first-order chi connectivity index (χ1) is 46.2. The summed E-state index contributed by atoms with van der Waals surface area (Å²) in [6, 6.07) is 35.3. The van der Waals surface area contributed by atoms with Crippen LogP contribution in [0.25, 0.3) is 55.8 Å². The molecule has 0 bridgehead atoms. The first-order valence-electron chi connectivity index (χ1n) is 30.0. The summed E-state index contributed by atoms with van der Waals surface area (Å²) in [5.74, 6) is -2.33. The standard InChI is InChI=1S/C31H25F2N5O5S.C24H28BFN2O6S.C13H9ClFN3O/c1-34-31(40)26-22-14-21(23-12-11-20-29(35-23)36-28(37-30(20)39)17-5-4-6-19(33)13-17)24(38(2)44(3,41)42)15-25(22)43-27(26)16-7-9-18(32)10-8-16;1-23(2)24(3,4)34-25(33-23)17-12-16-19(13-18(17)28(6)35(7,30)31)32-21(20(16)22(29)27-5)14-8-10-15(26)11-9-14;14-10-5-4-9-12(16-10)17-11(18-13(9)19)7-2-1-3-8(15)6-7/h4-15,28H,1-3H3,(H,34,40)(H,35,36)(H,37,39);8-13H,1-7H3,(H,27,29);1-6,11H,(H,16,17)(H,18,19). The molecule has 30 heteroatoms. The zero-order valence-corrected chi connectivity index (χ0v) is 56.4. The number of hydrogen-bond acceptors (Lipinski definition) is 16. The quantitative estimate of drug-likeness (QED) is 0.0377. The van der Waals surface area contributed by atoms with E-state index in [0.29, 0.717) is 66.3 Å². The zero-order valence-electron chi connectivity index (χ0n) is 54.0. The second kappa shape index (κ2) is 26.6. The number of nitrogens with one attached hydrogen (secondary N) is 6. The lowest BCUT2D eigenvalue weighted by atomic mass is 9.77. The van der Waals surface area contributed by atoms with Gasteiger partial charge in [-0.25, -0.2) is 44.4 Å². The third-order valence-electron chi connectivity index (χ3n) is 16.9. The van der Waals surface area contributed by atoms with Crippen molar-refractivity contribution in [1.29, 1.82) is 0 Å². The molecule has 13 rings (SSSR count). The second-order valence-corrected chi connectivity index (χ2v) is 28.4. The molecule has 1 fully saturated rings. The fraction of sp³-hybridized carbons (Fsp3) is 0.206. The summed E-state index contributed by atoms with van der Waals surface area (Å²) in [6.45, 7) is 7.58. The van der Waals surface area contributed by atoms with E-state index in [9.17, 15) is 53.6 Å². The SMILES string of the molecule is CNC(=O)c1c(-c2ccc(F)cc2)oc2cc(N(C)S(C)(=O)=O)c(-c3ccc4c(n3)NC(c3cccc(F)c3)NC4=O)cc12.CNC(=O)c1c(-c2ccc(F)cc2)oc2cc(N(C)S(C)(=O)=O)c(B3OC(C)(C)C(C)(C)O3)cc12.O=C1NC(c2cccc(F)c2)Nc2nc(Cl)ccc21. The minimum Gasteiger partial charge on any atom is -0.455 e. The van der Waals surface area contributed by atoms with Gasteiger partial charge in [-0.05, 0) is 148 Å². The number of hydrogen-bond donors (Lipinski definition) is 6. The highest BCUT2D eigenvalue weighted by Gasteiger charge is 2.53. The Hall–Kier alpha value is -10.3. The van der Waals surface area contributed by atoms with Crippen molar-refractivity contribution < 1.29 is 71.7 Å². The van der Waals surface area contributed by atoms with E-state index in [1.54, 1.807) is 54.6 Å². The Morgan fingerprint density at radius 3 is 1.42 bits per heavy atom. The summed E-state index contributed by atoms with van der Waals surface area (Å²) in [6.07, 6.45) is 0.828. The molecule has 3 aliphatic heterocycles. The first-order valence-corrected chi connectivity index (χ1v) is 34.1. The van der Waals surface area contributed by atoms with Gasteiger partial charge in [0.25, 0.3) is 23.6 Å². The topological polar surface area (TPSA) is 286 Å². The van der Waals surface area contributed by atoms with Crippen LogP contribution in [0.15, 0.2) is 154 Å². The van der Waals surface area contributed by atoms with E-state index in [-0.39, 0.29) is 68.3 Å².